The Kier molecular flexibility index (Phi) is 5.29. The van der Waals surface area contributed by atoms with Gasteiger partial charge in [-0.2, -0.15) is 0 Å². The number of aliphatic hydroxyl groups excluding tert-OH is 1. The molecule has 90 valence electrons. The van der Waals surface area contributed by atoms with Crippen molar-refractivity contribution in [2.24, 2.45) is 0 Å². The predicted octanol–water partition coefficient (Wildman–Crippen LogP) is 2.51. The first kappa shape index (κ1) is 13.0. The van der Waals surface area contributed by atoms with E-state index in [1.54, 1.807) is 6.07 Å². The van der Waals surface area contributed by atoms with Gasteiger partial charge >= 0.3 is 0 Å². The molecule has 0 fully saturated rings. The third kappa shape index (κ3) is 3.83. The number of benzene rings is 1. The molecule has 2 unspecified atom stereocenters. The Morgan fingerprint density at radius 3 is 2.69 bits per heavy atom. The second-order valence-corrected chi connectivity index (χ2v) is 4.08. The summed E-state index contributed by atoms with van der Waals surface area (Å²) in [6.07, 6.45) is 1.65. The molecule has 0 saturated heterocycles. The van der Waals surface area contributed by atoms with Crippen LogP contribution in [0.5, 0.6) is 0 Å². The Morgan fingerprint density at radius 2 is 2.06 bits per heavy atom. The molecule has 0 bridgehead atoms. The first-order chi connectivity index (χ1) is 7.65. The fraction of sp³-hybridized carbons (Fsp3) is 0.538. The maximum absolute atomic E-state index is 9.91. The van der Waals surface area contributed by atoms with Gasteiger partial charge in [0.05, 0.1) is 12.7 Å². The fourth-order valence-corrected chi connectivity index (χ4v) is 1.65. The van der Waals surface area contributed by atoms with Crippen LogP contribution in [0.15, 0.2) is 24.3 Å². The summed E-state index contributed by atoms with van der Waals surface area (Å²) < 4.78 is 5.55. The van der Waals surface area contributed by atoms with Gasteiger partial charge in [-0.05, 0) is 19.4 Å². The van der Waals surface area contributed by atoms with Crippen LogP contribution in [0.1, 0.15) is 38.4 Å². The number of hydrogen-bond donors (Lipinski definition) is 2. The molecular formula is C13H21NO2. The minimum absolute atomic E-state index is 0.185. The van der Waals surface area contributed by atoms with Crippen LogP contribution < -0.4 is 5.73 Å². The maximum Gasteiger partial charge on any atom is 0.104 e. The van der Waals surface area contributed by atoms with Crippen LogP contribution >= 0.6 is 0 Å². The molecule has 16 heavy (non-hydrogen) atoms. The highest BCUT2D eigenvalue weighted by Crippen LogP contribution is 2.20. The molecular weight excluding hydrogens is 202 g/mol. The third-order valence-electron chi connectivity index (χ3n) is 2.59. The Hall–Kier alpha value is -1.06. The summed E-state index contributed by atoms with van der Waals surface area (Å²) in [7, 11) is 0. The van der Waals surface area contributed by atoms with Gasteiger partial charge in [0.1, 0.15) is 6.10 Å². The third-order valence-corrected chi connectivity index (χ3v) is 2.59. The number of hydrogen-bond acceptors (Lipinski definition) is 3. The van der Waals surface area contributed by atoms with E-state index < -0.39 is 6.10 Å². The molecule has 1 rings (SSSR count). The van der Waals surface area contributed by atoms with Crippen LogP contribution in [-0.2, 0) is 4.74 Å². The van der Waals surface area contributed by atoms with Crippen molar-refractivity contribution in [2.45, 2.75) is 38.9 Å². The van der Waals surface area contributed by atoms with Crippen molar-refractivity contribution >= 4 is 5.69 Å². The van der Waals surface area contributed by atoms with Crippen molar-refractivity contribution in [2.75, 3.05) is 12.3 Å². The Bertz CT molecular complexity index is 315. The van der Waals surface area contributed by atoms with Crippen LogP contribution in [-0.4, -0.2) is 17.8 Å². The monoisotopic (exact) mass is 223 g/mol. The summed E-state index contributed by atoms with van der Waals surface area (Å²) in [5, 5.41) is 9.91. The van der Waals surface area contributed by atoms with Crippen LogP contribution in [0.25, 0.3) is 0 Å². The minimum atomic E-state index is -0.638. The number of nitrogen functional groups attached to an aromatic ring is 1. The number of para-hydroxylation sites is 1. The van der Waals surface area contributed by atoms with E-state index in [-0.39, 0.29) is 6.10 Å². The van der Waals surface area contributed by atoms with E-state index in [4.69, 9.17) is 10.5 Å². The van der Waals surface area contributed by atoms with Gasteiger partial charge in [0.2, 0.25) is 0 Å². The van der Waals surface area contributed by atoms with Gasteiger partial charge in [-0.25, -0.2) is 0 Å². The average Bonchev–Trinajstić information content (AvgIpc) is 2.27. The lowest BCUT2D eigenvalue weighted by molar-refractivity contribution is -0.00558. The normalized spacial score (nSPS) is 14.7. The van der Waals surface area contributed by atoms with Crippen LogP contribution in [0.3, 0.4) is 0 Å². The summed E-state index contributed by atoms with van der Waals surface area (Å²) in [5.74, 6) is 0. The second-order valence-electron chi connectivity index (χ2n) is 4.08. The molecule has 0 aliphatic rings. The van der Waals surface area contributed by atoms with Crippen molar-refractivity contribution in [1.82, 2.24) is 0 Å². The molecule has 3 heteroatoms. The summed E-state index contributed by atoms with van der Waals surface area (Å²) >= 11 is 0. The van der Waals surface area contributed by atoms with Crippen molar-refractivity contribution in [3.05, 3.63) is 29.8 Å². The van der Waals surface area contributed by atoms with Crippen molar-refractivity contribution in [3.8, 4) is 0 Å². The molecule has 1 aromatic carbocycles. The lowest BCUT2D eigenvalue weighted by Crippen LogP contribution is -2.15. The van der Waals surface area contributed by atoms with E-state index in [2.05, 4.69) is 6.92 Å². The standard InChI is InChI=1S/C13H21NO2/c1-3-6-10(2)16-9-13(15)11-7-4-5-8-12(11)14/h4-5,7-8,10,13,15H,3,6,9,14H2,1-2H3. The molecule has 0 spiro atoms. The molecule has 0 amide bonds. The lowest BCUT2D eigenvalue weighted by atomic mass is 10.1. The summed E-state index contributed by atoms with van der Waals surface area (Å²) in [5.41, 5.74) is 7.13. The fourth-order valence-electron chi connectivity index (χ4n) is 1.65. The molecule has 0 aromatic heterocycles. The highest BCUT2D eigenvalue weighted by atomic mass is 16.5. The number of anilines is 1. The minimum Gasteiger partial charge on any atom is -0.398 e. The van der Waals surface area contributed by atoms with Gasteiger partial charge in [0, 0.05) is 11.3 Å². The average molecular weight is 223 g/mol. The zero-order chi connectivity index (χ0) is 12.0. The van der Waals surface area contributed by atoms with Crippen LogP contribution in [0.4, 0.5) is 5.69 Å². The topological polar surface area (TPSA) is 55.5 Å². The van der Waals surface area contributed by atoms with Crippen LogP contribution in [0, 0.1) is 0 Å². The molecule has 2 atom stereocenters. The smallest absolute Gasteiger partial charge is 0.104 e. The van der Waals surface area contributed by atoms with Gasteiger partial charge in [0.15, 0.2) is 0 Å². The second kappa shape index (κ2) is 6.51. The molecule has 0 aliphatic carbocycles. The van der Waals surface area contributed by atoms with Gasteiger partial charge in [0.25, 0.3) is 0 Å². The molecule has 0 radical (unpaired) electrons. The van der Waals surface area contributed by atoms with E-state index in [1.807, 2.05) is 25.1 Å². The molecule has 0 heterocycles. The van der Waals surface area contributed by atoms with Gasteiger partial charge in [-0.1, -0.05) is 31.5 Å². The van der Waals surface area contributed by atoms with Gasteiger partial charge < -0.3 is 15.6 Å². The van der Waals surface area contributed by atoms with E-state index in [1.165, 1.54) is 0 Å². The maximum atomic E-state index is 9.91. The van der Waals surface area contributed by atoms with E-state index in [0.717, 1.165) is 18.4 Å². The van der Waals surface area contributed by atoms with E-state index in [0.29, 0.717) is 12.3 Å². The largest absolute Gasteiger partial charge is 0.398 e. The zero-order valence-corrected chi connectivity index (χ0v) is 10.0. The van der Waals surface area contributed by atoms with Crippen LogP contribution in [0.2, 0.25) is 0 Å². The Labute approximate surface area is 97.2 Å². The molecule has 3 nitrogen and oxygen atoms in total. The molecule has 0 saturated carbocycles. The SMILES string of the molecule is CCCC(C)OCC(O)c1ccccc1N. The Morgan fingerprint density at radius 1 is 1.38 bits per heavy atom. The van der Waals surface area contributed by atoms with Crippen molar-refractivity contribution in [1.29, 1.82) is 0 Å². The van der Waals surface area contributed by atoms with E-state index in [9.17, 15) is 5.11 Å². The van der Waals surface area contributed by atoms with Gasteiger partial charge in [-0.15, -0.1) is 0 Å². The quantitative estimate of drug-likeness (QED) is 0.728. The van der Waals surface area contributed by atoms with Crippen molar-refractivity contribution < 1.29 is 9.84 Å². The Balaban J connectivity index is 2.46. The molecule has 3 N–H and O–H groups in total. The number of ether oxygens (including phenoxy) is 1. The first-order valence-corrected chi connectivity index (χ1v) is 5.79. The zero-order valence-electron chi connectivity index (χ0n) is 10.0. The summed E-state index contributed by atoms with van der Waals surface area (Å²) in [4.78, 5) is 0. The molecule has 1 aromatic rings. The first-order valence-electron chi connectivity index (χ1n) is 5.79. The van der Waals surface area contributed by atoms with Gasteiger partial charge in [-0.3, -0.25) is 0 Å². The summed E-state index contributed by atoms with van der Waals surface area (Å²) in [6.45, 7) is 4.44. The number of nitrogens with two attached hydrogens (primary N) is 1. The number of aliphatic hydroxyl groups is 1. The lowest BCUT2D eigenvalue weighted by Gasteiger charge is -2.17. The van der Waals surface area contributed by atoms with Crippen molar-refractivity contribution in [3.63, 3.8) is 0 Å². The predicted molar refractivity (Wildman–Crippen MR) is 66.1 cm³/mol. The highest BCUT2D eigenvalue weighted by molar-refractivity contribution is 5.47. The van der Waals surface area contributed by atoms with E-state index >= 15 is 0 Å². The molecule has 0 aliphatic heterocycles. The highest BCUT2D eigenvalue weighted by Gasteiger charge is 2.12. The number of rotatable bonds is 6. The summed E-state index contributed by atoms with van der Waals surface area (Å²) in [6, 6.07) is 7.33.